The van der Waals surface area contributed by atoms with Gasteiger partial charge in [-0.3, -0.25) is 23.7 Å². The van der Waals surface area contributed by atoms with Crippen molar-refractivity contribution in [2.75, 3.05) is 7.11 Å². The Labute approximate surface area is 203 Å². The Morgan fingerprint density at radius 2 is 1.89 bits per heavy atom. The molecular weight excluding hydrogens is 507 g/mol. The van der Waals surface area contributed by atoms with Crippen LogP contribution < -0.4 is 20.9 Å². The molecule has 6 atom stereocenters. The molecule has 198 valence electrons. The number of H-pyrrole nitrogens is 1. The lowest BCUT2D eigenvalue weighted by atomic mass is 9.90. The molecule has 3 N–H and O–H groups in total. The number of hydrogen-bond donors (Lipinski definition) is 3. The highest BCUT2D eigenvalue weighted by molar-refractivity contribution is 7.52. The first-order valence-corrected chi connectivity index (χ1v) is 12.2. The van der Waals surface area contributed by atoms with Crippen molar-refractivity contribution >= 4 is 13.7 Å². The van der Waals surface area contributed by atoms with Gasteiger partial charge in [0.15, 0.2) is 5.60 Å². The quantitative estimate of drug-likeness (QED) is 0.319. The Morgan fingerprint density at radius 1 is 1.25 bits per heavy atom. The van der Waals surface area contributed by atoms with Gasteiger partial charge in [-0.15, -0.1) is 0 Å². The van der Waals surface area contributed by atoms with Crippen molar-refractivity contribution < 1.29 is 41.8 Å². The summed E-state index contributed by atoms with van der Waals surface area (Å²) in [5.74, 6) is -4.80. The molecule has 12 nitrogen and oxygen atoms in total. The minimum atomic E-state index is -4.48. The number of esters is 1. The van der Waals surface area contributed by atoms with Crippen LogP contribution in [0.4, 0.5) is 8.78 Å². The Kier molecular flexibility index (Phi) is 7.86. The Hall–Kier alpha value is -2.90. The van der Waals surface area contributed by atoms with E-state index in [1.807, 2.05) is 4.98 Å². The third-order valence-corrected chi connectivity index (χ3v) is 7.29. The molecule has 2 heterocycles. The number of ether oxygens (including phenoxy) is 2. The zero-order valence-electron chi connectivity index (χ0n) is 19.7. The number of methoxy groups -OCH3 is 1. The van der Waals surface area contributed by atoms with Crippen LogP contribution in [-0.2, 0) is 23.4 Å². The molecule has 0 aliphatic carbocycles. The van der Waals surface area contributed by atoms with Crippen LogP contribution in [0, 0.1) is 0 Å². The predicted molar refractivity (Wildman–Crippen MR) is 121 cm³/mol. The fraction of sp³-hybridized carbons (Fsp3) is 0.476. The topological polar surface area (TPSA) is 158 Å². The average molecular weight is 533 g/mol. The van der Waals surface area contributed by atoms with E-state index in [1.165, 1.54) is 26.0 Å². The van der Waals surface area contributed by atoms with E-state index in [1.54, 1.807) is 18.2 Å². The van der Waals surface area contributed by atoms with Gasteiger partial charge in [-0.2, -0.15) is 13.9 Å². The van der Waals surface area contributed by atoms with E-state index >= 15 is 8.78 Å². The molecule has 1 fully saturated rings. The van der Waals surface area contributed by atoms with Gasteiger partial charge < -0.3 is 19.1 Å². The smallest absolute Gasteiger partial charge is 0.459 e. The molecule has 1 aliphatic rings. The van der Waals surface area contributed by atoms with Gasteiger partial charge in [0.05, 0.1) is 13.2 Å². The lowest BCUT2D eigenvalue weighted by Gasteiger charge is -2.33. The second-order valence-corrected chi connectivity index (χ2v) is 9.93. The summed E-state index contributed by atoms with van der Waals surface area (Å²) in [4.78, 5) is 37.2. The van der Waals surface area contributed by atoms with Crippen molar-refractivity contribution in [3.63, 3.8) is 0 Å². The van der Waals surface area contributed by atoms with Crippen molar-refractivity contribution in [2.24, 2.45) is 0 Å². The number of carbonyl (C=O) groups is 1. The van der Waals surface area contributed by atoms with Crippen LogP contribution in [0.25, 0.3) is 0 Å². The first-order chi connectivity index (χ1) is 16.7. The van der Waals surface area contributed by atoms with Crippen molar-refractivity contribution in [2.45, 2.75) is 56.8 Å². The van der Waals surface area contributed by atoms with Crippen molar-refractivity contribution in [3.05, 3.63) is 63.4 Å². The minimum Gasteiger partial charge on any atom is -0.468 e. The second-order valence-electron chi connectivity index (χ2n) is 8.28. The standard InChI is InChI=1S/C21H26F2N3O9P/c1-12(17(28)32-4)25-36(31,35-14-8-6-5-7-9-14)34-13(2)16-20(3,30)21(22,23)18(33-16)26-11-10-15(27)24-19(26)29/h5-13,16,18,30H,1-4H3,(H,25,31)(H,24,27,29). The number of carbonyl (C=O) groups excluding carboxylic acids is 1. The van der Waals surface area contributed by atoms with Gasteiger partial charge in [0.2, 0.25) is 6.23 Å². The third-order valence-electron chi connectivity index (χ3n) is 5.52. The lowest BCUT2D eigenvalue weighted by Crippen LogP contribution is -2.54. The predicted octanol–water partition coefficient (Wildman–Crippen LogP) is 1.56. The van der Waals surface area contributed by atoms with Crippen LogP contribution in [-0.4, -0.2) is 57.5 Å². The molecule has 0 radical (unpaired) electrons. The van der Waals surface area contributed by atoms with E-state index in [2.05, 4.69) is 9.82 Å². The van der Waals surface area contributed by atoms with E-state index in [4.69, 9.17) is 13.8 Å². The van der Waals surface area contributed by atoms with Gasteiger partial charge >= 0.3 is 25.3 Å². The maximum atomic E-state index is 15.2. The fourth-order valence-electron chi connectivity index (χ4n) is 3.66. The largest absolute Gasteiger partial charge is 0.468 e. The SMILES string of the molecule is COC(=O)C(C)NP(=O)(Oc1ccccc1)OC(C)C1OC(n2ccc(=O)[nH]c2=O)C(F)(F)C1(C)O. The molecule has 0 saturated carbocycles. The third kappa shape index (κ3) is 5.42. The average Bonchev–Trinajstić information content (AvgIpc) is 2.98. The number of nitrogens with one attached hydrogen (secondary N) is 2. The van der Waals surface area contributed by atoms with Gasteiger partial charge in [-0.05, 0) is 32.9 Å². The van der Waals surface area contributed by atoms with Crippen LogP contribution in [0.15, 0.2) is 52.2 Å². The highest BCUT2D eigenvalue weighted by atomic mass is 31.2. The second kappa shape index (κ2) is 10.2. The van der Waals surface area contributed by atoms with Crippen LogP contribution >= 0.6 is 7.75 Å². The number of nitrogens with zero attached hydrogens (tertiary/aromatic N) is 1. The van der Waals surface area contributed by atoms with Crippen LogP contribution in [0.3, 0.4) is 0 Å². The number of hydrogen-bond acceptors (Lipinski definition) is 9. The molecule has 3 rings (SSSR count). The molecular formula is C21H26F2N3O9P. The number of benzene rings is 1. The summed E-state index contributed by atoms with van der Waals surface area (Å²) in [5, 5.41) is 13.1. The van der Waals surface area contributed by atoms with Crippen LogP contribution in [0.5, 0.6) is 5.75 Å². The van der Waals surface area contributed by atoms with Crippen LogP contribution in [0.1, 0.15) is 27.0 Å². The van der Waals surface area contributed by atoms with Gasteiger partial charge in [0.25, 0.3) is 5.56 Å². The zero-order valence-corrected chi connectivity index (χ0v) is 20.6. The first-order valence-electron chi connectivity index (χ1n) is 10.7. The van der Waals surface area contributed by atoms with E-state index in [-0.39, 0.29) is 5.75 Å². The normalized spacial score (nSPS) is 26.5. The summed E-state index contributed by atoms with van der Waals surface area (Å²) in [7, 11) is -3.37. The van der Waals surface area contributed by atoms with E-state index in [9.17, 15) is 24.1 Å². The van der Waals surface area contributed by atoms with E-state index in [0.29, 0.717) is 4.57 Å². The number of para-hydroxylation sites is 1. The van der Waals surface area contributed by atoms with Gasteiger partial charge in [-0.1, -0.05) is 18.2 Å². The Morgan fingerprint density at radius 3 is 2.47 bits per heavy atom. The fourth-order valence-corrected chi connectivity index (χ4v) is 5.34. The molecule has 6 unspecified atom stereocenters. The number of alkyl halides is 2. The van der Waals surface area contributed by atoms with Crippen LogP contribution in [0.2, 0.25) is 0 Å². The molecule has 1 aromatic heterocycles. The Bertz CT molecular complexity index is 1250. The van der Waals surface area contributed by atoms with Gasteiger partial charge in [0, 0.05) is 12.3 Å². The molecule has 0 spiro atoms. The van der Waals surface area contributed by atoms with Crippen molar-refractivity contribution in [1.82, 2.24) is 14.6 Å². The number of aliphatic hydroxyl groups is 1. The summed E-state index contributed by atoms with van der Waals surface area (Å²) in [6.45, 7) is 3.27. The van der Waals surface area contributed by atoms with E-state index in [0.717, 1.165) is 26.3 Å². The minimum absolute atomic E-state index is 0.0692. The lowest BCUT2D eigenvalue weighted by molar-refractivity contribution is -0.180. The molecule has 1 aromatic carbocycles. The first kappa shape index (κ1) is 27.7. The monoisotopic (exact) mass is 533 g/mol. The molecule has 0 amide bonds. The molecule has 0 bridgehead atoms. The number of aromatic nitrogens is 2. The number of aromatic amines is 1. The molecule has 36 heavy (non-hydrogen) atoms. The number of rotatable bonds is 9. The maximum Gasteiger partial charge on any atom is 0.459 e. The van der Waals surface area contributed by atoms with E-state index < -0.39 is 61.0 Å². The van der Waals surface area contributed by atoms with Gasteiger partial charge in [-0.25, -0.2) is 9.36 Å². The molecule has 1 aliphatic heterocycles. The highest BCUT2D eigenvalue weighted by Crippen LogP contribution is 2.53. The molecule has 1 saturated heterocycles. The summed E-state index contributed by atoms with van der Waals surface area (Å²) >= 11 is 0. The van der Waals surface area contributed by atoms with Crippen molar-refractivity contribution in [3.8, 4) is 5.75 Å². The summed E-state index contributed by atoms with van der Waals surface area (Å²) in [6.07, 6.45) is -4.92. The zero-order chi connectivity index (χ0) is 26.9. The van der Waals surface area contributed by atoms with Crippen molar-refractivity contribution in [1.29, 1.82) is 0 Å². The molecule has 2 aromatic rings. The summed E-state index contributed by atoms with van der Waals surface area (Å²) in [5.41, 5.74) is -4.94. The number of halogens is 2. The Balaban J connectivity index is 1.93. The summed E-state index contributed by atoms with van der Waals surface area (Å²) in [6, 6.07) is 7.34. The molecule has 15 heteroatoms. The summed E-state index contributed by atoms with van der Waals surface area (Å²) < 4.78 is 65.4. The van der Waals surface area contributed by atoms with Gasteiger partial charge in [0.1, 0.15) is 17.9 Å². The maximum absolute atomic E-state index is 15.2. The highest BCUT2D eigenvalue weighted by Gasteiger charge is 2.69.